The van der Waals surface area contributed by atoms with E-state index in [1.54, 1.807) is 11.3 Å². The zero-order valence-electron chi connectivity index (χ0n) is 11.7. The van der Waals surface area contributed by atoms with Crippen LogP contribution in [0, 0.1) is 0 Å². The predicted octanol–water partition coefficient (Wildman–Crippen LogP) is 3.47. The molecule has 108 valence electrons. The molecule has 4 heteroatoms. The minimum absolute atomic E-state index is 0.0271. The number of thiophene rings is 1. The first-order valence-corrected chi connectivity index (χ1v) is 8.44. The van der Waals surface area contributed by atoms with Gasteiger partial charge in [-0.25, -0.2) is 0 Å². The molecule has 2 aliphatic rings. The molecule has 2 aromatic rings. The molecule has 1 aromatic carbocycles. The highest BCUT2D eigenvalue weighted by atomic mass is 32.1. The number of amides is 1. The van der Waals surface area contributed by atoms with Crippen LogP contribution in [-0.2, 0) is 4.79 Å². The molecule has 4 rings (SSSR count). The maximum Gasteiger partial charge on any atom is 0.246 e. The largest absolute Gasteiger partial charge is 0.318 e. The fourth-order valence-corrected chi connectivity index (χ4v) is 3.89. The Labute approximate surface area is 128 Å². The molecule has 1 aliphatic carbocycles. The van der Waals surface area contributed by atoms with Gasteiger partial charge in [-0.3, -0.25) is 10.1 Å². The van der Waals surface area contributed by atoms with Gasteiger partial charge < -0.3 is 4.90 Å². The van der Waals surface area contributed by atoms with Crippen molar-refractivity contribution in [1.82, 2.24) is 10.2 Å². The number of rotatable bonds is 3. The first kappa shape index (κ1) is 13.0. The normalized spacial score (nSPS) is 26.1. The summed E-state index contributed by atoms with van der Waals surface area (Å²) in [5, 5.41) is 7.76. The lowest BCUT2D eigenvalue weighted by atomic mass is 9.90. The number of hydrogen-bond donors (Lipinski definition) is 1. The van der Waals surface area contributed by atoms with Gasteiger partial charge in [0.15, 0.2) is 0 Å². The van der Waals surface area contributed by atoms with Gasteiger partial charge >= 0.3 is 0 Å². The lowest BCUT2D eigenvalue weighted by molar-refractivity contribution is -0.134. The standard InChI is InChI=1S/C17H18N2OS/c20-17-15(12-5-2-1-3-6-12)18-16(13-9-10-21-11-13)19(17)14-7-4-8-14/h1-3,5-6,9-11,14-16,18H,4,7-8H2. The molecule has 0 spiro atoms. The molecule has 2 fully saturated rings. The number of carbonyl (C=O) groups excluding carboxylic acids is 1. The molecule has 0 bridgehead atoms. The van der Waals surface area contributed by atoms with Crippen molar-refractivity contribution in [3.05, 3.63) is 58.3 Å². The molecule has 2 heterocycles. The summed E-state index contributed by atoms with van der Waals surface area (Å²) in [7, 11) is 0. The predicted molar refractivity (Wildman–Crippen MR) is 83.9 cm³/mol. The monoisotopic (exact) mass is 298 g/mol. The fourth-order valence-electron chi connectivity index (χ4n) is 3.21. The van der Waals surface area contributed by atoms with Crippen LogP contribution in [0.15, 0.2) is 47.2 Å². The van der Waals surface area contributed by atoms with Crippen LogP contribution in [0.1, 0.15) is 42.6 Å². The molecule has 3 nitrogen and oxygen atoms in total. The van der Waals surface area contributed by atoms with Crippen molar-refractivity contribution in [2.75, 3.05) is 0 Å². The smallest absolute Gasteiger partial charge is 0.246 e. The number of benzene rings is 1. The van der Waals surface area contributed by atoms with Crippen LogP contribution in [0.25, 0.3) is 0 Å². The molecule has 1 aliphatic heterocycles. The zero-order chi connectivity index (χ0) is 14.2. The van der Waals surface area contributed by atoms with E-state index in [1.807, 2.05) is 30.3 Å². The van der Waals surface area contributed by atoms with E-state index in [2.05, 4.69) is 27.0 Å². The van der Waals surface area contributed by atoms with Crippen molar-refractivity contribution in [2.45, 2.75) is 37.5 Å². The fraction of sp³-hybridized carbons (Fsp3) is 0.353. The Balaban J connectivity index is 1.68. The second kappa shape index (κ2) is 5.28. The summed E-state index contributed by atoms with van der Waals surface area (Å²) in [6.45, 7) is 0. The Morgan fingerprint density at radius 1 is 1.10 bits per heavy atom. The highest BCUT2D eigenvalue weighted by molar-refractivity contribution is 7.07. The number of nitrogens with one attached hydrogen (secondary N) is 1. The van der Waals surface area contributed by atoms with Gasteiger partial charge in [-0.2, -0.15) is 11.3 Å². The van der Waals surface area contributed by atoms with Crippen molar-refractivity contribution in [2.24, 2.45) is 0 Å². The van der Waals surface area contributed by atoms with Crippen LogP contribution in [0.3, 0.4) is 0 Å². The number of hydrogen-bond acceptors (Lipinski definition) is 3. The Bertz CT molecular complexity index is 622. The second-order valence-electron chi connectivity index (χ2n) is 5.80. The maximum atomic E-state index is 12.9. The summed E-state index contributed by atoms with van der Waals surface area (Å²) in [5.41, 5.74) is 2.27. The molecule has 0 radical (unpaired) electrons. The third kappa shape index (κ3) is 2.19. The molecule has 2 atom stereocenters. The first-order chi connectivity index (χ1) is 10.3. The van der Waals surface area contributed by atoms with Gasteiger partial charge in [0.05, 0.1) is 0 Å². The van der Waals surface area contributed by atoms with E-state index in [4.69, 9.17) is 0 Å². The van der Waals surface area contributed by atoms with E-state index in [0.29, 0.717) is 6.04 Å². The molecular weight excluding hydrogens is 280 g/mol. The van der Waals surface area contributed by atoms with Gasteiger partial charge in [-0.1, -0.05) is 30.3 Å². The Morgan fingerprint density at radius 3 is 2.52 bits per heavy atom. The Kier molecular flexibility index (Phi) is 3.28. The molecule has 1 aromatic heterocycles. The Morgan fingerprint density at radius 2 is 1.90 bits per heavy atom. The van der Waals surface area contributed by atoms with E-state index in [1.165, 1.54) is 12.0 Å². The third-order valence-corrected chi connectivity index (χ3v) is 5.27. The van der Waals surface area contributed by atoms with Crippen LogP contribution >= 0.6 is 11.3 Å². The topological polar surface area (TPSA) is 32.3 Å². The van der Waals surface area contributed by atoms with E-state index in [0.717, 1.165) is 18.4 Å². The van der Waals surface area contributed by atoms with Gasteiger partial charge in [0.1, 0.15) is 12.2 Å². The van der Waals surface area contributed by atoms with Gasteiger partial charge in [0.2, 0.25) is 5.91 Å². The van der Waals surface area contributed by atoms with E-state index in [-0.39, 0.29) is 18.1 Å². The van der Waals surface area contributed by atoms with Crippen molar-refractivity contribution in [3.63, 3.8) is 0 Å². The van der Waals surface area contributed by atoms with Crippen LogP contribution in [0.5, 0.6) is 0 Å². The minimum atomic E-state index is -0.211. The van der Waals surface area contributed by atoms with Crippen LogP contribution in [0.4, 0.5) is 0 Å². The summed E-state index contributed by atoms with van der Waals surface area (Å²) in [6.07, 6.45) is 3.53. The molecule has 21 heavy (non-hydrogen) atoms. The highest BCUT2D eigenvalue weighted by Crippen LogP contribution is 2.39. The first-order valence-electron chi connectivity index (χ1n) is 7.50. The van der Waals surface area contributed by atoms with E-state index >= 15 is 0 Å². The Hall–Kier alpha value is -1.65. The van der Waals surface area contributed by atoms with E-state index in [9.17, 15) is 4.79 Å². The van der Waals surface area contributed by atoms with Crippen LogP contribution in [0.2, 0.25) is 0 Å². The summed E-state index contributed by atoms with van der Waals surface area (Å²) < 4.78 is 0. The lowest BCUT2D eigenvalue weighted by Crippen LogP contribution is -2.43. The molecule has 2 unspecified atom stereocenters. The summed E-state index contributed by atoms with van der Waals surface area (Å²) >= 11 is 1.69. The van der Waals surface area contributed by atoms with Crippen molar-refractivity contribution in [3.8, 4) is 0 Å². The van der Waals surface area contributed by atoms with Crippen LogP contribution in [-0.4, -0.2) is 16.8 Å². The molecule has 1 saturated heterocycles. The van der Waals surface area contributed by atoms with E-state index < -0.39 is 0 Å². The quantitative estimate of drug-likeness (QED) is 0.941. The minimum Gasteiger partial charge on any atom is -0.318 e. The van der Waals surface area contributed by atoms with Gasteiger partial charge in [0.25, 0.3) is 0 Å². The van der Waals surface area contributed by atoms with Crippen molar-refractivity contribution >= 4 is 17.2 Å². The van der Waals surface area contributed by atoms with Crippen LogP contribution < -0.4 is 5.32 Å². The summed E-state index contributed by atoms with van der Waals surface area (Å²) in [5.74, 6) is 0.224. The average molecular weight is 298 g/mol. The molecule has 1 N–H and O–H groups in total. The summed E-state index contributed by atoms with van der Waals surface area (Å²) in [6, 6.07) is 12.4. The highest BCUT2D eigenvalue weighted by Gasteiger charge is 2.45. The van der Waals surface area contributed by atoms with Crippen molar-refractivity contribution in [1.29, 1.82) is 0 Å². The third-order valence-electron chi connectivity index (χ3n) is 4.56. The maximum absolute atomic E-state index is 12.9. The van der Waals surface area contributed by atoms with Gasteiger partial charge in [0, 0.05) is 6.04 Å². The van der Waals surface area contributed by atoms with Gasteiger partial charge in [-0.05, 0) is 47.2 Å². The average Bonchev–Trinajstić information content (AvgIpc) is 3.08. The van der Waals surface area contributed by atoms with Gasteiger partial charge in [-0.15, -0.1) is 0 Å². The molecule has 1 amide bonds. The SMILES string of the molecule is O=C1C(c2ccccc2)NC(c2ccsc2)N1C1CCC1. The number of carbonyl (C=O) groups is 1. The van der Waals surface area contributed by atoms with Crippen molar-refractivity contribution < 1.29 is 4.79 Å². The zero-order valence-corrected chi connectivity index (χ0v) is 12.6. The molecule has 1 saturated carbocycles. The number of nitrogens with zero attached hydrogens (tertiary/aromatic N) is 1. The molecular formula is C17H18N2OS. The second-order valence-corrected chi connectivity index (χ2v) is 6.58. The summed E-state index contributed by atoms with van der Waals surface area (Å²) in [4.78, 5) is 15.0. The lowest BCUT2D eigenvalue weighted by Gasteiger charge is -2.38.